The zero-order chi connectivity index (χ0) is 21.3. The first-order chi connectivity index (χ1) is 14.6. The van der Waals surface area contributed by atoms with Crippen molar-refractivity contribution < 1.29 is 13.9 Å². The maximum atomic E-state index is 13.8. The SMILES string of the molecule is CCCC[C@H](F)C(=O)O[C@H]1CC[C@H](c2ccc(-c3ncc(CCC)cn3)cc2)CC1. The van der Waals surface area contributed by atoms with Crippen LogP contribution in [-0.2, 0) is 16.0 Å². The highest BCUT2D eigenvalue weighted by Gasteiger charge is 2.27. The largest absolute Gasteiger partial charge is 0.460 e. The quantitative estimate of drug-likeness (QED) is 0.461. The number of hydrogen-bond donors (Lipinski definition) is 0. The van der Waals surface area contributed by atoms with E-state index in [-0.39, 0.29) is 12.5 Å². The van der Waals surface area contributed by atoms with E-state index < -0.39 is 12.1 Å². The predicted octanol–water partition coefficient (Wildman–Crippen LogP) is 6.19. The molecular formula is C25H33FN2O2. The van der Waals surface area contributed by atoms with Gasteiger partial charge in [-0.15, -0.1) is 0 Å². The lowest BCUT2D eigenvalue weighted by atomic mass is 9.82. The molecule has 4 nitrogen and oxygen atoms in total. The van der Waals surface area contributed by atoms with Crippen molar-refractivity contribution in [1.29, 1.82) is 0 Å². The molecule has 1 heterocycles. The van der Waals surface area contributed by atoms with Gasteiger partial charge in [-0.3, -0.25) is 0 Å². The average molecular weight is 413 g/mol. The Morgan fingerprint density at radius 1 is 1.07 bits per heavy atom. The van der Waals surface area contributed by atoms with Crippen molar-refractivity contribution in [1.82, 2.24) is 9.97 Å². The fourth-order valence-electron chi connectivity index (χ4n) is 4.08. The minimum absolute atomic E-state index is 0.150. The molecule has 0 radical (unpaired) electrons. The number of carbonyl (C=O) groups is 1. The Bertz CT molecular complexity index is 784. The molecule has 1 aromatic heterocycles. The van der Waals surface area contributed by atoms with Gasteiger partial charge in [-0.1, -0.05) is 57.4 Å². The first-order valence-corrected chi connectivity index (χ1v) is 11.4. The van der Waals surface area contributed by atoms with Gasteiger partial charge < -0.3 is 4.74 Å². The number of unbranched alkanes of at least 4 members (excludes halogenated alkanes) is 1. The van der Waals surface area contributed by atoms with Gasteiger partial charge in [-0.2, -0.15) is 0 Å². The Kier molecular flexibility index (Phi) is 8.35. The smallest absolute Gasteiger partial charge is 0.340 e. The molecule has 30 heavy (non-hydrogen) atoms. The van der Waals surface area contributed by atoms with Gasteiger partial charge >= 0.3 is 5.97 Å². The van der Waals surface area contributed by atoms with Gasteiger partial charge in [0, 0.05) is 18.0 Å². The maximum absolute atomic E-state index is 13.8. The number of hydrogen-bond acceptors (Lipinski definition) is 4. The van der Waals surface area contributed by atoms with Crippen LogP contribution in [0.5, 0.6) is 0 Å². The Morgan fingerprint density at radius 3 is 2.33 bits per heavy atom. The average Bonchev–Trinajstić information content (AvgIpc) is 2.79. The van der Waals surface area contributed by atoms with Gasteiger partial charge in [-0.25, -0.2) is 19.2 Å². The molecular weight excluding hydrogens is 379 g/mol. The lowest BCUT2D eigenvalue weighted by molar-refractivity contribution is -0.157. The number of carbonyl (C=O) groups excluding carboxylic acids is 1. The molecule has 1 saturated carbocycles. The van der Waals surface area contributed by atoms with Crippen LogP contribution >= 0.6 is 0 Å². The van der Waals surface area contributed by atoms with Crippen molar-refractivity contribution >= 4 is 5.97 Å². The fourth-order valence-corrected chi connectivity index (χ4v) is 4.08. The summed E-state index contributed by atoms with van der Waals surface area (Å²) in [7, 11) is 0. The Hall–Kier alpha value is -2.30. The summed E-state index contributed by atoms with van der Waals surface area (Å²) in [6.45, 7) is 4.14. The van der Waals surface area contributed by atoms with Gasteiger partial charge in [-0.05, 0) is 55.6 Å². The van der Waals surface area contributed by atoms with E-state index in [1.54, 1.807) is 0 Å². The third kappa shape index (κ3) is 6.10. The summed E-state index contributed by atoms with van der Waals surface area (Å²) in [5.41, 5.74) is 3.47. The van der Waals surface area contributed by atoms with Gasteiger partial charge in [0.25, 0.3) is 0 Å². The molecule has 0 N–H and O–H groups in total. The van der Waals surface area contributed by atoms with Crippen molar-refractivity contribution in [3.63, 3.8) is 0 Å². The van der Waals surface area contributed by atoms with E-state index in [0.29, 0.717) is 12.3 Å². The van der Waals surface area contributed by atoms with E-state index in [2.05, 4.69) is 41.2 Å². The van der Waals surface area contributed by atoms with Crippen LogP contribution in [-0.4, -0.2) is 28.2 Å². The molecule has 5 heteroatoms. The zero-order valence-electron chi connectivity index (χ0n) is 18.1. The molecule has 0 saturated heterocycles. The highest BCUT2D eigenvalue weighted by atomic mass is 19.1. The van der Waals surface area contributed by atoms with Gasteiger partial charge in [0.15, 0.2) is 12.0 Å². The molecule has 0 bridgehead atoms. The third-order valence-electron chi connectivity index (χ3n) is 5.91. The van der Waals surface area contributed by atoms with E-state index in [1.807, 2.05) is 19.3 Å². The number of halogens is 1. The molecule has 0 aliphatic heterocycles. The number of alkyl halides is 1. The van der Waals surface area contributed by atoms with Crippen LogP contribution in [0.3, 0.4) is 0 Å². The molecule has 1 aromatic carbocycles. The molecule has 0 unspecified atom stereocenters. The Balaban J connectivity index is 1.50. The Morgan fingerprint density at radius 2 is 1.73 bits per heavy atom. The van der Waals surface area contributed by atoms with E-state index in [9.17, 15) is 9.18 Å². The van der Waals surface area contributed by atoms with Crippen LogP contribution in [0.4, 0.5) is 4.39 Å². The molecule has 0 spiro atoms. The van der Waals surface area contributed by atoms with Crippen LogP contribution in [0.2, 0.25) is 0 Å². The van der Waals surface area contributed by atoms with Crippen LogP contribution < -0.4 is 0 Å². The molecule has 162 valence electrons. The molecule has 1 aliphatic carbocycles. The minimum Gasteiger partial charge on any atom is -0.460 e. The van der Waals surface area contributed by atoms with E-state index in [1.165, 1.54) is 11.1 Å². The number of esters is 1. The molecule has 1 atom stereocenters. The lowest BCUT2D eigenvalue weighted by Crippen LogP contribution is -2.28. The van der Waals surface area contributed by atoms with E-state index in [4.69, 9.17) is 4.74 Å². The van der Waals surface area contributed by atoms with Crippen molar-refractivity contribution in [3.05, 3.63) is 47.8 Å². The van der Waals surface area contributed by atoms with Crippen molar-refractivity contribution in [2.45, 2.75) is 89.8 Å². The van der Waals surface area contributed by atoms with Gasteiger partial charge in [0.1, 0.15) is 6.10 Å². The number of rotatable bonds is 9. The summed E-state index contributed by atoms with van der Waals surface area (Å²) in [4.78, 5) is 20.9. The number of benzene rings is 1. The number of nitrogens with zero attached hydrogens (tertiary/aromatic N) is 2. The van der Waals surface area contributed by atoms with E-state index >= 15 is 0 Å². The number of aromatic nitrogens is 2. The predicted molar refractivity (Wildman–Crippen MR) is 117 cm³/mol. The van der Waals surface area contributed by atoms with Crippen LogP contribution in [0.1, 0.15) is 82.3 Å². The summed E-state index contributed by atoms with van der Waals surface area (Å²) < 4.78 is 19.2. The zero-order valence-corrected chi connectivity index (χ0v) is 18.1. The molecule has 3 rings (SSSR count). The van der Waals surface area contributed by atoms with Crippen LogP contribution in [0.25, 0.3) is 11.4 Å². The van der Waals surface area contributed by atoms with Crippen molar-refractivity contribution in [2.75, 3.05) is 0 Å². The fraction of sp³-hybridized carbons (Fsp3) is 0.560. The number of ether oxygens (including phenoxy) is 1. The van der Waals surface area contributed by atoms with Gasteiger partial charge in [0.2, 0.25) is 0 Å². The second-order valence-electron chi connectivity index (χ2n) is 8.31. The topological polar surface area (TPSA) is 52.1 Å². The number of aryl methyl sites for hydroxylation is 1. The monoisotopic (exact) mass is 412 g/mol. The third-order valence-corrected chi connectivity index (χ3v) is 5.91. The molecule has 1 fully saturated rings. The second kappa shape index (κ2) is 11.2. The maximum Gasteiger partial charge on any atom is 0.340 e. The molecule has 0 amide bonds. The van der Waals surface area contributed by atoms with Crippen LogP contribution in [0.15, 0.2) is 36.7 Å². The summed E-state index contributed by atoms with van der Waals surface area (Å²) in [6, 6.07) is 8.46. The van der Waals surface area contributed by atoms with E-state index in [0.717, 1.165) is 56.3 Å². The van der Waals surface area contributed by atoms with Gasteiger partial charge in [0.05, 0.1) is 0 Å². The molecule has 2 aromatic rings. The first kappa shape index (κ1) is 22.4. The summed E-state index contributed by atoms with van der Waals surface area (Å²) >= 11 is 0. The standard InChI is InChI=1S/C25H33FN2O2/c1-3-5-7-23(26)25(29)30-22-14-12-20(13-15-22)19-8-10-21(11-9-19)24-27-16-18(6-4-2)17-28-24/h8-11,16-17,20,22-23H,3-7,12-15H2,1-2H3/t20-,22-,23-/m0/s1. The second-order valence-corrected chi connectivity index (χ2v) is 8.31. The highest BCUT2D eigenvalue weighted by molar-refractivity contribution is 5.74. The van der Waals surface area contributed by atoms with Crippen LogP contribution in [0, 0.1) is 0 Å². The van der Waals surface area contributed by atoms with Crippen molar-refractivity contribution in [3.8, 4) is 11.4 Å². The normalized spacial score (nSPS) is 20.0. The van der Waals surface area contributed by atoms with Crippen molar-refractivity contribution in [2.24, 2.45) is 0 Å². The summed E-state index contributed by atoms with van der Waals surface area (Å²) in [6.07, 6.45) is 9.63. The molecule has 1 aliphatic rings. The summed E-state index contributed by atoms with van der Waals surface area (Å²) in [5, 5.41) is 0. The minimum atomic E-state index is -1.48. The highest BCUT2D eigenvalue weighted by Crippen LogP contribution is 2.35. The lowest BCUT2D eigenvalue weighted by Gasteiger charge is -2.29. The summed E-state index contributed by atoms with van der Waals surface area (Å²) in [5.74, 6) is 0.519. The first-order valence-electron chi connectivity index (χ1n) is 11.4. The Labute approximate surface area is 179 Å².